The van der Waals surface area contributed by atoms with E-state index in [1.165, 1.54) is 6.20 Å². The van der Waals surface area contributed by atoms with Gasteiger partial charge in [0.2, 0.25) is 12.3 Å². The third-order valence-corrected chi connectivity index (χ3v) is 2.31. The average molecular weight is 210 g/mol. The Morgan fingerprint density at radius 1 is 1.80 bits per heavy atom. The van der Waals surface area contributed by atoms with Gasteiger partial charge in [-0.3, -0.25) is 14.7 Å². The van der Waals surface area contributed by atoms with Gasteiger partial charge in [-0.2, -0.15) is 5.10 Å². The molecule has 0 radical (unpaired) electrons. The van der Waals surface area contributed by atoms with Crippen LogP contribution in [0.1, 0.15) is 25.5 Å². The molecule has 0 aromatic carbocycles. The number of carbonyl (C=O) groups is 2. The fourth-order valence-electron chi connectivity index (χ4n) is 1.58. The number of amides is 2. The van der Waals surface area contributed by atoms with Gasteiger partial charge in [-0.05, 0) is 12.5 Å². The van der Waals surface area contributed by atoms with Crippen LogP contribution in [-0.2, 0) is 15.1 Å². The van der Waals surface area contributed by atoms with Gasteiger partial charge in [0.1, 0.15) is 0 Å². The van der Waals surface area contributed by atoms with Crippen molar-refractivity contribution in [1.82, 2.24) is 15.5 Å². The van der Waals surface area contributed by atoms with Crippen molar-refractivity contribution in [3.05, 3.63) is 18.0 Å². The van der Waals surface area contributed by atoms with E-state index >= 15 is 0 Å². The van der Waals surface area contributed by atoms with Crippen LogP contribution in [-0.4, -0.2) is 22.5 Å². The van der Waals surface area contributed by atoms with Crippen LogP contribution < -0.4 is 11.1 Å². The van der Waals surface area contributed by atoms with E-state index in [9.17, 15) is 9.59 Å². The number of aromatic amines is 1. The summed E-state index contributed by atoms with van der Waals surface area (Å²) in [6.45, 7) is 1.90. The molecule has 0 fully saturated rings. The van der Waals surface area contributed by atoms with E-state index in [4.69, 9.17) is 5.73 Å². The van der Waals surface area contributed by atoms with Crippen LogP contribution in [0.25, 0.3) is 0 Å². The second-order valence-corrected chi connectivity index (χ2v) is 3.25. The van der Waals surface area contributed by atoms with Crippen molar-refractivity contribution < 1.29 is 9.59 Å². The number of aromatic nitrogens is 2. The van der Waals surface area contributed by atoms with E-state index in [-0.39, 0.29) is 0 Å². The zero-order valence-electron chi connectivity index (χ0n) is 8.49. The highest BCUT2D eigenvalue weighted by atomic mass is 16.2. The molecule has 0 aliphatic carbocycles. The molecule has 1 heterocycles. The summed E-state index contributed by atoms with van der Waals surface area (Å²) in [5.41, 5.74) is 4.66. The lowest BCUT2D eigenvalue weighted by Crippen LogP contribution is -2.52. The Hall–Kier alpha value is -1.85. The minimum absolute atomic E-state index is 0.434. The van der Waals surface area contributed by atoms with Crippen molar-refractivity contribution in [3.63, 3.8) is 0 Å². The van der Waals surface area contributed by atoms with Crippen molar-refractivity contribution in [2.45, 2.75) is 25.3 Å². The Morgan fingerprint density at radius 2 is 2.53 bits per heavy atom. The zero-order chi connectivity index (χ0) is 11.3. The molecule has 0 aliphatic heterocycles. The van der Waals surface area contributed by atoms with Gasteiger partial charge < -0.3 is 11.1 Å². The van der Waals surface area contributed by atoms with Gasteiger partial charge in [0.25, 0.3) is 0 Å². The quantitative estimate of drug-likeness (QED) is 0.558. The van der Waals surface area contributed by atoms with E-state index < -0.39 is 11.4 Å². The molecule has 82 valence electrons. The number of rotatable bonds is 6. The van der Waals surface area contributed by atoms with Gasteiger partial charge in [0, 0.05) is 6.20 Å². The number of carbonyl (C=O) groups excluding carboxylic acids is 2. The molecule has 1 atom stereocenters. The number of nitrogens with one attached hydrogen (secondary N) is 2. The molecule has 0 saturated carbocycles. The summed E-state index contributed by atoms with van der Waals surface area (Å²) in [5.74, 6) is -0.597. The molecular formula is C9H14N4O2. The molecule has 1 aromatic heterocycles. The number of hydrogen-bond acceptors (Lipinski definition) is 3. The lowest BCUT2D eigenvalue weighted by atomic mass is 9.89. The lowest BCUT2D eigenvalue weighted by molar-refractivity contribution is -0.128. The first kappa shape index (κ1) is 11.2. The van der Waals surface area contributed by atoms with Crippen LogP contribution in [0.5, 0.6) is 0 Å². The Labute approximate surface area is 87.2 Å². The Morgan fingerprint density at radius 3 is 2.93 bits per heavy atom. The van der Waals surface area contributed by atoms with E-state index in [0.29, 0.717) is 24.9 Å². The number of hydrogen-bond donors (Lipinski definition) is 3. The van der Waals surface area contributed by atoms with Gasteiger partial charge >= 0.3 is 0 Å². The first-order valence-electron chi connectivity index (χ1n) is 4.68. The topological polar surface area (TPSA) is 101 Å². The van der Waals surface area contributed by atoms with Crippen molar-refractivity contribution >= 4 is 12.3 Å². The standard InChI is InChI=1S/C9H14N4O2/c1-2-4-9(8(10)15,11-6-14)7-3-5-12-13-7/h3,5-6H,2,4H2,1H3,(H2,10,15)(H,11,14)(H,12,13). The first-order valence-corrected chi connectivity index (χ1v) is 4.68. The third-order valence-electron chi connectivity index (χ3n) is 2.31. The first-order chi connectivity index (χ1) is 7.17. The monoisotopic (exact) mass is 210 g/mol. The smallest absolute Gasteiger partial charge is 0.249 e. The molecule has 4 N–H and O–H groups in total. The lowest BCUT2D eigenvalue weighted by Gasteiger charge is -2.28. The van der Waals surface area contributed by atoms with Crippen molar-refractivity contribution in [1.29, 1.82) is 0 Å². The van der Waals surface area contributed by atoms with Crippen LogP contribution in [0.3, 0.4) is 0 Å². The second-order valence-electron chi connectivity index (χ2n) is 3.25. The molecule has 1 unspecified atom stereocenters. The molecule has 15 heavy (non-hydrogen) atoms. The minimum Gasteiger partial charge on any atom is -0.367 e. The Kier molecular flexibility index (Phi) is 3.43. The Balaban J connectivity index is 3.12. The predicted octanol–water partition coefficient (Wildman–Crippen LogP) is -0.364. The molecule has 0 bridgehead atoms. The third kappa shape index (κ3) is 1.98. The molecule has 1 rings (SSSR count). The van der Waals surface area contributed by atoms with Crippen molar-refractivity contribution in [2.75, 3.05) is 0 Å². The fourth-order valence-corrected chi connectivity index (χ4v) is 1.58. The highest BCUT2D eigenvalue weighted by Gasteiger charge is 2.38. The van der Waals surface area contributed by atoms with E-state index in [1.54, 1.807) is 6.07 Å². The molecule has 0 saturated heterocycles. The SMILES string of the molecule is CCCC(NC=O)(C(N)=O)c1ccn[nH]1. The predicted molar refractivity (Wildman–Crippen MR) is 53.6 cm³/mol. The van der Waals surface area contributed by atoms with Crippen LogP contribution in [0.4, 0.5) is 0 Å². The molecule has 6 nitrogen and oxygen atoms in total. The average Bonchev–Trinajstić information content (AvgIpc) is 2.70. The molecular weight excluding hydrogens is 196 g/mol. The van der Waals surface area contributed by atoms with Gasteiger partial charge in [-0.25, -0.2) is 0 Å². The normalized spacial score (nSPS) is 14.2. The van der Waals surface area contributed by atoms with Gasteiger partial charge in [0.05, 0.1) is 5.69 Å². The number of nitrogens with zero attached hydrogens (tertiary/aromatic N) is 1. The molecule has 0 aliphatic rings. The van der Waals surface area contributed by atoms with Crippen LogP contribution in [0.15, 0.2) is 12.3 Å². The summed E-state index contributed by atoms with van der Waals surface area (Å²) in [7, 11) is 0. The van der Waals surface area contributed by atoms with Crippen LogP contribution in [0, 0.1) is 0 Å². The molecule has 1 aromatic rings. The summed E-state index contributed by atoms with van der Waals surface area (Å²) >= 11 is 0. The fraction of sp³-hybridized carbons (Fsp3) is 0.444. The van der Waals surface area contributed by atoms with Gasteiger partial charge in [-0.1, -0.05) is 13.3 Å². The van der Waals surface area contributed by atoms with Crippen molar-refractivity contribution in [3.8, 4) is 0 Å². The maximum Gasteiger partial charge on any atom is 0.249 e. The summed E-state index contributed by atoms with van der Waals surface area (Å²) in [6, 6.07) is 1.62. The maximum atomic E-state index is 11.5. The molecule has 2 amide bonds. The summed E-state index contributed by atoms with van der Waals surface area (Å²) in [6.07, 6.45) is 3.13. The minimum atomic E-state index is -1.17. The van der Waals surface area contributed by atoms with E-state index in [2.05, 4.69) is 15.5 Å². The van der Waals surface area contributed by atoms with E-state index in [1.807, 2.05) is 6.92 Å². The highest BCUT2D eigenvalue weighted by Crippen LogP contribution is 2.23. The molecule has 0 spiro atoms. The van der Waals surface area contributed by atoms with Gasteiger partial charge in [-0.15, -0.1) is 0 Å². The van der Waals surface area contributed by atoms with Crippen LogP contribution in [0.2, 0.25) is 0 Å². The summed E-state index contributed by atoms with van der Waals surface area (Å²) < 4.78 is 0. The zero-order valence-corrected chi connectivity index (χ0v) is 8.49. The summed E-state index contributed by atoms with van der Waals surface area (Å²) in [5, 5.41) is 8.88. The van der Waals surface area contributed by atoms with Crippen molar-refractivity contribution in [2.24, 2.45) is 5.73 Å². The van der Waals surface area contributed by atoms with Gasteiger partial charge in [0.15, 0.2) is 5.54 Å². The second kappa shape index (κ2) is 4.59. The maximum absolute atomic E-state index is 11.5. The number of primary amides is 1. The summed E-state index contributed by atoms with van der Waals surface area (Å²) in [4.78, 5) is 22.0. The highest BCUT2D eigenvalue weighted by molar-refractivity contribution is 5.87. The van der Waals surface area contributed by atoms with E-state index in [0.717, 1.165) is 0 Å². The van der Waals surface area contributed by atoms with Crippen LogP contribution >= 0.6 is 0 Å². The number of H-pyrrole nitrogens is 1. The Bertz CT molecular complexity index is 336. The number of nitrogens with two attached hydrogens (primary N) is 1. The largest absolute Gasteiger partial charge is 0.367 e. The molecule has 6 heteroatoms.